The van der Waals surface area contributed by atoms with Crippen LogP contribution in [0.1, 0.15) is 55.2 Å². The SMILES string of the molecule is COc1ccc(CN2CCCCC2)cc1-c1ccc(O)c2c1C[C@H]1C[C@@H](CCO)[C@@](O)(C(=O)CC(N)=O)C(=O)C1=C2O. The zero-order valence-corrected chi connectivity index (χ0v) is 23.8. The van der Waals surface area contributed by atoms with Gasteiger partial charge in [-0.05, 0) is 86.0 Å². The fraction of sp³-hybridized carbons (Fsp3) is 0.469. The summed E-state index contributed by atoms with van der Waals surface area (Å²) in [5, 5.41) is 43.5. The molecule has 0 unspecified atom stereocenters. The summed E-state index contributed by atoms with van der Waals surface area (Å²) in [6, 6.07) is 9.19. The molecule has 0 radical (unpaired) electrons. The number of aliphatic hydroxyl groups is 3. The van der Waals surface area contributed by atoms with E-state index in [0.717, 1.165) is 36.3 Å². The first-order chi connectivity index (χ1) is 20.1. The highest BCUT2D eigenvalue weighted by atomic mass is 16.5. The van der Waals surface area contributed by atoms with Crippen molar-refractivity contribution >= 4 is 23.2 Å². The number of ether oxygens (including phenoxy) is 1. The number of benzene rings is 2. The predicted molar refractivity (Wildman–Crippen MR) is 155 cm³/mol. The van der Waals surface area contributed by atoms with Crippen LogP contribution in [0.2, 0.25) is 0 Å². The van der Waals surface area contributed by atoms with Crippen molar-refractivity contribution in [1.29, 1.82) is 0 Å². The van der Waals surface area contributed by atoms with Gasteiger partial charge in [-0.15, -0.1) is 0 Å². The number of phenols is 1. The lowest BCUT2D eigenvalue weighted by molar-refractivity contribution is -0.159. The molecule has 0 bridgehead atoms. The van der Waals surface area contributed by atoms with Crippen LogP contribution in [0.3, 0.4) is 0 Å². The number of piperidine rings is 1. The predicted octanol–water partition coefficient (Wildman–Crippen LogP) is 2.64. The van der Waals surface area contributed by atoms with E-state index >= 15 is 0 Å². The van der Waals surface area contributed by atoms with E-state index in [-0.39, 0.29) is 36.1 Å². The second-order valence-electron chi connectivity index (χ2n) is 11.6. The van der Waals surface area contributed by atoms with Crippen LogP contribution in [0.15, 0.2) is 35.9 Å². The van der Waals surface area contributed by atoms with E-state index in [1.807, 2.05) is 12.1 Å². The Kier molecular flexibility index (Phi) is 8.41. The average molecular weight is 579 g/mol. The van der Waals surface area contributed by atoms with Crippen LogP contribution in [0.5, 0.6) is 11.5 Å². The number of phenolic OH excluding ortho intramolecular Hbond substituents is 1. The number of primary amides is 1. The molecule has 2 aromatic rings. The minimum absolute atomic E-state index is 0.0564. The molecule has 1 heterocycles. The van der Waals surface area contributed by atoms with Gasteiger partial charge in [0.25, 0.3) is 0 Å². The molecule has 2 fully saturated rings. The van der Waals surface area contributed by atoms with Gasteiger partial charge in [0.15, 0.2) is 11.4 Å². The van der Waals surface area contributed by atoms with Gasteiger partial charge in [-0.2, -0.15) is 0 Å². The Bertz CT molecular complexity index is 1440. The minimum Gasteiger partial charge on any atom is -0.507 e. The number of methoxy groups -OCH3 is 1. The molecular weight excluding hydrogens is 540 g/mol. The van der Waals surface area contributed by atoms with Crippen molar-refractivity contribution in [3.8, 4) is 22.6 Å². The van der Waals surface area contributed by atoms with E-state index < -0.39 is 53.7 Å². The topological polar surface area (TPSA) is 171 Å². The van der Waals surface area contributed by atoms with Gasteiger partial charge in [-0.3, -0.25) is 19.3 Å². The Morgan fingerprint density at radius 1 is 1.10 bits per heavy atom. The van der Waals surface area contributed by atoms with Crippen molar-refractivity contribution in [2.75, 3.05) is 26.8 Å². The van der Waals surface area contributed by atoms with Crippen LogP contribution in [0, 0.1) is 11.8 Å². The van der Waals surface area contributed by atoms with Crippen molar-refractivity contribution in [1.82, 2.24) is 4.90 Å². The van der Waals surface area contributed by atoms with E-state index in [4.69, 9.17) is 10.5 Å². The van der Waals surface area contributed by atoms with Gasteiger partial charge in [0.1, 0.15) is 17.3 Å². The summed E-state index contributed by atoms with van der Waals surface area (Å²) in [6.07, 6.45) is 2.97. The number of aromatic hydroxyl groups is 1. The lowest BCUT2D eigenvalue weighted by Crippen LogP contribution is -2.59. The van der Waals surface area contributed by atoms with Crippen molar-refractivity contribution in [2.45, 2.75) is 57.1 Å². The minimum atomic E-state index is -2.63. The molecule has 5 rings (SSSR count). The number of aliphatic hydroxyl groups excluding tert-OH is 2. The van der Waals surface area contributed by atoms with Crippen molar-refractivity contribution in [2.24, 2.45) is 17.6 Å². The van der Waals surface area contributed by atoms with Crippen molar-refractivity contribution in [3.63, 3.8) is 0 Å². The maximum Gasteiger partial charge on any atom is 0.225 e. The van der Waals surface area contributed by atoms with Crippen molar-refractivity contribution < 1.29 is 39.5 Å². The molecule has 0 aromatic heterocycles. The monoisotopic (exact) mass is 578 g/mol. The Hall–Kier alpha value is -3.73. The van der Waals surface area contributed by atoms with Gasteiger partial charge in [0.05, 0.1) is 19.1 Å². The van der Waals surface area contributed by atoms with E-state index in [0.29, 0.717) is 11.3 Å². The number of carbonyl (C=O) groups excluding carboxylic acids is 3. The summed E-state index contributed by atoms with van der Waals surface area (Å²) >= 11 is 0. The maximum absolute atomic E-state index is 13.8. The lowest BCUT2D eigenvalue weighted by atomic mass is 9.61. The average Bonchev–Trinajstić information content (AvgIpc) is 2.96. The fourth-order valence-corrected chi connectivity index (χ4v) is 7.01. The third kappa shape index (κ3) is 5.19. The number of amides is 1. The molecule has 42 heavy (non-hydrogen) atoms. The third-order valence-corrected chi connectivity index (χ3v) is 9.04. The van der Waals surface area contributed by atoms with Crippen LogP contribution in [-0.2, 0) is 27.3 Å². The molecule has 1 saturated heterocycles. The molecule has 10 heteroatoms. The van der Waals surface area contributed by atoms with Crippen LogP contribution >= 0.6 is 0 Å². The van der Waals surface area contributed by atoms with Gasteiger partial charge in [-0.25, -0.2) is 0 Å². The summed E-state index contributed by atoms with van der Waals surface area (Å²) in [5.74, 6) is -4.85. The van der Waals surface area contributed by atoms with Crippen LogP contribution in [0.4, 0.5) is 0 Å². The number of likely N-dealkylation sites (tertiary alicyclic amines) is 1. The highest BCUT2D eigenvalue weighted by Gasteiger charge is 2.57. The molecule has 10 nitrogen and oxygen atoms in total. The highest BCUT2D eigenvalue weighted by Crippen LogP contribution is 2.51. The third-order valence-electron chi connectivity index (χ3n) is 9.04. The first-order valence-electron chi connectivity index (χ1n) is 14.5. The summed E-state index contributed by atoms with van der Waals surface area (Å²) in [4.78, 5) is 40.7. The second-order valence-corrected chi connectivity index (χ2v) is 11.6. The number of ketones is 2. The van der Waals surface area contributed by atoms with Crippen molar-refractivity contribution in [3.05, 3.63) is 52.6 Å². The first-order valence-corrected chi connectivity index (χ1v) is 14.5. The Morgan fingerprint density at radius 2 is 1.83 bits per heavy atom. The molecule has 0 spiro atoms. The first kappa shape index (κ1) is 29.8. The number of hydrogen-bond acceptors (Lipinski definition) is 9. The fourth-order valence-electron chi connectivity index (χ4n) is 7.01. The molecule has 1 amide bonds. The molecule has 3 aliphatic rings. The number of rotatable bonds is 9. The number of carbonyl (C=O) groups is 3. The summed E-state index contributed by atoms with van der Waals surface area (Å²) in [5.41, 5.74) is 5.65. The molecule has 1 aliphatic heterocycles. The number of nitrogens with two attached hydrogens (primary N) is 1. The molecule has 224 valence electrons. The number of nitrogens with zero attached hydrogens (tertiary/aromatic N) is 1. The summed E-state index contributed by atoms with van der Waals surface area (Å²) in [7, 11) is 1.58. The largest absolute Gasteiger partial charge is 0.507 e. The Balaban J connectivity index is 1.61. The van der Waals surface area contributed by atoms with Crippen LogP contribution < -0.4 is 10.5 Å². The van der Waals surface area contributed by atoms with E-state index in [1.54, 1.807) is 13.2 Å². The van der Waals surface area contributed by atoms with Crippen LogP contribution in [0.25, 0.3) is 16.9 Å². The van der Waals surface area contributed by atoms with E-state index in [9.17, 15) is 34.8 Å². The normalized spacial score (nSPS) is 24.2. The van der Waals surface area contributed by atoms with E-state index in [2.05, 4.69) is 11.0 Å². The van der Waals surface area contributed by atoms with Gasteiger partial charge < -0.3 is 30.9 Å². The second kappa shape index (κ2) is 11.9. The zero-order valence-electron chi connectivity index (χ0n) is 23.8. The number of fused-ring (bicyclic) bond motifs is 2. The molecule has 6 N–H and O–H groups in total. The smallest absolute Gasteiger partial charge is 0.225 e. The maximum atomic E-state index is 13.8. The summed E-state index contributed by atoms with van der Waals surface area (Å²) < 4.78 is 5.71. The molecule has 3 atom stereocenters. The highest BCUT2D eigenvalue weighted by molar-refractivity contribution is 6.23. The zero-order chi connectivity index (χ0) is 30.2. The van der Waals surface area contributed by atoms with E-state index in [1.165, 1.54) is 25.3 Å². The Labute approximate surface area is 244 Å². The molecule has 2 aliphatic carbocycles. The van der Waals surface area contributed by atoms with Gasteiger partial charge in [-0.1, -0.05) is 18.6 Å². The lowest BCUT2D eigenvalue weighted by Gasteiger charge is -2.43. The standard InChI is InChI=1S/C32H38N2O8/c1-42-25-8-5-18(17-34-10-3-2-4-11-34)13-22(25)21-6-7-24(36)29-23(21)15-19-14-20(9-12-35)32(41,26(37)16-27(33)38)31(40)28(19)30(29)39/h5-8,13,19-20,35-36,39,41H,2-4,9-12,14-17H2,1H3,(H2,33,38)/t19-,20-,32-/m1/s1. The summed E-state index contributed by atoms with van der Waals surface area (Å²) in [6.45, 7) is 2.46. The molecular formula is C32H38N2O8. The molecule has 1 saturated carbocycles. The number of Topliss-reactive ketones (excluding diaryl/α,β-unsaturated/α-hetero) is 2. The van der Waals surface area contributed by atoms with Crippen LogP contribution in [-0.4, -0.2) is 75.2 Å². The van der Waals surface area contributed by atoms with Gasteiger partial charge in [0, 0.05) is 30.2 Å². The number of hydrogen-bond donors (Lipinski definition) is 5. The Morgan fingerprint density at radius 3 is 2.50 bits per heavy atom. The quantitative estimate of drug-likeness (QED) is 0.281. The molecule has 2 aromatic carbocycles. The van der Waals surface area contributed by atoms with Gasteiger partial charge in [0.2, 0.25) is 11.7 Å². The van der Waals surface area contributed by atoms with Gasteiger partial charge >= 0.3 is 0 Å².